The molecule has 6 heteroatoms. The summed E-state index contributed by atoms with van der Waals surface area (Å²) >= 11 is 0. The number of hydrogen-bond acceptors (Lipinski definition) is 4. The summed E-state index contributed by atoms with van der Waals surface area (Å²) in [4.78, 5) is 13.6. The van der Waals surface area contributed by atoms with E-state index in [9.17, 15) is 8.78 Å². The van der Waals surface area contributed by atoms with Gasteiger partial charge in [0.25, 0.3) is 6.43 Å². The molecule has 1 aliphatic carbocycles. The second kappa shape index (κ2) is 7.07. The third-order valence-corrected chi connectivity index (χ3v) is 5.02. The molecule has 128 valence electrons. The van der Waals surface area contributed by atoms with E-state index in [0.717, 1.165) is 44.0 Å². The predicted octanol–water partition coefficient (Wildman–Crippen LogP) is 2.83. The van der Waals surface area contributed by atoms with Crippen LogP contribution in [-0.2, 0) is 12.8 Å². The van der Waals surface area contributed by atoms with Gasteiger partial charge in [-0.05, 0) is 39.0 Å². The Balaban J connectivity index is 1.82. The third-order valence-electron chi connectivity index (χ3n) is 5.02. The smallest absolute Gasteiger partial charge is 0.251 e. The minimum atomic E-state index is -2.26. The van der Waals surface area contributed by atoms with E-state index >= 15 is 0 Å². The van der Waals surface area contributed by atoms with Gasteiger partial charge >= 0.3 is 0 Å². The van der Waals surface area contributed by atoms with E-state index in [2.05, 4.69) is 16.8 Å². The minimum Gasteiger partial charge on any atom is -0.353 e. The second-order valence-corrected chi connectivity index (χ2v) is 6.62. The number of hydrogen-bond donors (Lipinski definition) is 0. The number of nitrogens with zero attached hydrogens (tertiary/aromatic N) is 4. The van der Waals surface area contributed by atoms with Crippen LogP contribution < -0.4 is 4.90 Å². The van der Waals surface area contributed by atoms with Gasteiger partial charge in [0.2, 0.25) is 0 Å². The van der Waals surface area contributed by atoms with Crippen LogP contribution in [0.15, 0.2) is 0 Å². The number of anilines is 1. The fraction of sp³-hybridized carbons (Fsp3) is 0.765. The van der Waals surface area contributed by atoms with Crippen molar-refractivity contribution in [2.24, 2.45) is 0 Å². The first-order chi connectivity index (χ1) is 11.1. The van der Waals surface area contributed by atoms with E-state index in [1.54, 1.807) is 0 Å². The summed E-state index contributed by atoms with van der Waals surface area (Å²) in [5.74, 6) is 1.88. The molecule has 0 spiro atoms. The van der Waals surface area contributed by atoms with Crippen molar-refractivity contribution >= 4 is 5.82 Å². The highest BCUT2D eigenvalue weighted by atomic mass is 19.3. The average molecular weight is 324 g/mol. The van der Waals surface area contributed by atoms with Gasteiger partial charge in [0.05, 0.1) is 6.54 Å². The molecule has 0 radical (unpaired) electrons. The van der Waals surface area contributed by atoms with Gasteiger partial charge in [-0.3, -0.25) is 4.90 Å². The van der Waals surface area contributed by atoms with Crippen LogP contribution >= 0.6 is 0 Å². The summed E-state index contributed by atoms with van der Waals surface area (Å²) in [6.07, 6.45) is 3.09. The van der Waals surface area contributed by atoms with E-state index in [4.69, 9.17) is 4.98 Å². The minimum absolute atomic E-state index is 0.118. The molecule has 0 aromatic carbocycles. The van der Waals surface area contributed by atoms with Gasteiger partial charge in [-0.1, -0.05) is 6.92 Å². The summed E-state index contributed by atoms with van der Waals surface area (Å²) < 4.78 is 25.5. The lowest BCUT2D eigenvalue weighted by atomic mass is 9.95. The summed E-state index contributed by atoms with van der Waals surface area (Å²) in [6, 6.07) is 0.173. The molecular formula is C17H26F2N4. The van der Waals surface area contributed by atoms with E-state index in [-0.39, 0.29) is 12.6 Å². The highest BCUT2D eigenvalue weighted by Crippen LogP contribution is 2.29. The van der Waals surface area contributed by atoms with Gasteiger partial charge in [0.15, 0.2) is 0 Å². The maximum atomic E-state index is 12.8. The summed E-state index contributed by atoms with van der Waals surface area (Å²) in [7, 11) is 0. The molecule has 0 saturated carbocycles. The maximum Gasteiger partial charge on any atom is 0.251 e. The number of aromatic nitrogens is 2. The van der Waals surface area contributed by atoms with Gasteiger partial charge in [-0.25, -0.2) is 18.7 Å². The summed E-state index contributed by atoms with van der Waals surface area (Å²) in [5, 5.41) is 0. The molecule has 1 saturated heterocycles. The normalized spacial score (nSPS) is 22.5. The molecule has 1 aliphatic heterocycles. The Bertz CT molecular complexity index is 550. The first kappa shape index (κ1) is 16.6. The van der Waals surface area contributed by atoms with Crippen LogP contribution in [0.3, 0.4) is 0 Å². The standard InChI is InChI=1S/C17H26F2N4/c1-3-13-10-23(9-8-22(13)11-16(18)19)17-14-6-4-5-7-15(14)20-12(2)21-17/h13,16H,3-11H2,1-2H3. The van der Waals surface area contributed by atoms with Crippen molar-refractivity contribution in [2.45, 2.75) is 58.4 Å². The first-order valence-electron chi connectivity index (χ1n) is 8.72. The maximum absolute atomic E-state index is 12.8. The van der Waals surface area contributed by atoms with E-state index in [0.29, 0.717) is 6.54 Å². The lowest BCUT2D eigenvalue weighted by Gasteiger charge is -2.42. The molecule has 0 amide bonds. The molecule has 3 rings (SSSR count). The molecule has 2 heterocycles. The second-order valence-electron chi connectivity index (χ2n) is 6.62. The average Bonchev–Trinajstić information content (AvgIpc) is 2.54. The van der Waals surface area contributed by atoms with Crippen molar-refractivity contribution < 1.29 is 8.78 Å². The SMILES string of the molecule is CCC1CN(c2nc(C)nc3c2CCCC3)CCN1CC(F)F. The van der Waals surface area contributed by atoms with Crippen LogP contribution in [0.2, 0.25) is 0 Å². The zero-order valence-electron chi connectivity index (χ0n) is 14.1. The zero-order chi connectivity index (χ0) is 16.4. The third kappa shape index (κ3) is 3.62. The molecule has 1 fully saturated rings. The van der Waals surface area contributed by atoms with Gasteiger partial charge in [-0.15, -0.1) is 0 Å². The Morgan fingerprint density at radius 2 is 1.96 bits per heavy atom. The molecule has 1 aromatic heterocycles. The van der Waals surface area contributed by atoms with Gasteiger partial charge < -0.3 is 4.90 Å². The van der Waals surface area contributed by atoms with Crippen molar-refractivity contribution in [3.63, 3.8) is 0 Å². The molecule has 1 aromatic rings. The fourth-order valence-electron chi connectivity index (χ4n) is 3.85. The number of rotatable bonds is 4. The Morgan fingerprint density at radius 3 is 2.70 bits per heavy atom. The van der Waals surface area contributed by atoms with Gasteiger partial charge in [0, 0.05) is 36.9 Å². The molecule has 1 unspecified atom stereocenters. The highest BCUT2D eigenvalue weighted by Gasteiger charge is 2.30. The molecule has 1 atom stereocenters. The summed E-state index contributed by atoms with van der Waals surface area (Å²) in [6.45, 7) is 6.14. The molecule has 4 nitrogen and oxygen atoms in total. The number of piperazine rings is 1. The fourth-order valence-corrected chi connectivity index (χ4v) is 3.85. The monoisotopic (exact) mass is 324 g/mol. The molecule has 0 bridgehead atoms. The number of halogens is 2. The Morgan fingerprint density at radius 1 is 1.17 bits per heavy atom. The number of aryl methyl sites for hydroxylation is 2. The van der Waals surface area contributed by atoms with Gasteiger partial charge in [0.1, 0.15) is 11.6 Å². The van der Waals surface area contributed by atoms with Crippen LogP contribution in [0.4, 0.5) is 14.6 Å². The van der Waals surface area contributed by atoms with Crippen LogP contribution in [0, 0.1) is 6.92 Å². The number of fused-ring (bicyclic) bond motifs is 1. The largest absolute Gasteiger partial charge is 0.353 e. The summed E-state index contributed by atoms with van der Waals surface area (Å²) in [5.41, 5.74) is 2.49. The van der Waals surface area contributed by atoms with Crippen molar-refractivity contribution in [3.8, 4) is 0 Å². The Labute approximate surface area is 136 Å². The van der Waals surface area contributed by atoms with Crippen LogP contribution in [0.25, 0.3) is 0 Å². The van der Waals surface area contributed by atoms with E-state index in [1.165, 1.54) is 24.1 Å². The van der Waals surface area contributed by atoms with Crippen LogP contribution in [0.1, 0.15) is 43.3 Å². The quantitative estimate of drug-likeness (QED) is 0.852. The lowest BCUT2D eigenvalue weighted by Crippen LogP contribution is -2.54. The Kier molecular flexibility index (Phi) is 5.09. The molecule has 23 heavy (non-hydrogen) atoms. The molecular weight excluding hydrogens is 298 g/mol. The van der Waals surface area contributed by atoms with E-state index < -0.39 is 6.43 Å². The zero-order valence-corrected chi connectivity index (χ0v) is 14.1. The van der Waals surface area contributed by atoms with Crippen LogP contribution in [0.5, 0.6) is 0 Å². The number of alkyl halides is 2. The Hall–Kier alpha value is -1.30. The highest BCUT2D eigenvalue weighted by molar-refractivity contribution is 5.51. The van der Waals surface area contributed by atoms with Crippen molar-refractivity contribution in [1.29, 1.82) is 0 Å². The van der Waals surface area contributed by atoms with Crippen LogP contribution in [-0.4, -0.2) is 53.5 Å². The molecule has 0 N–H and O–H groups in total. The van der Waals surface area contributed by atoms with Crippen molar-refractivity contribution in [3.05, 3.63) is 17.1 Å². The van der Waals surface area contributed by atoms with Gasteiger partial charge in [-0.2, -0.15) is 0 Å². The van der Waals surface area contributed by atoms with Crippen molar-refractivity contribution in [2.75, 3.05) is 31.1 Å². The molecule has 2 aliphatic rings. The first-order valence-corrected chi connectivity index (χ1v) is 8.72. The lowest BCUT2D eigenvalue weighted by molar-refractivity contribution is 0.0586. The van der Waals surface area contributed by atoms with Crippen molar-refractivity contribution in [1.82, 2.24) is 14.9 Å². The van der Waals surface area contributed by atoms with E-state index in [1.807, 2.05) is 11.8 Å². The topological polar surface area (TPSA) is 32.3 Å². The predicted molar refractivity (Wildman–Crippen MR) is 87.3 cm³/mol.